The molecule has 4 N–H and O–H groups in total. The normalized spacial score (nSPS) is 12.2. The quantitative estimate of drug-likeness (QED) is 0.678. The summed E-state index contributed by atoms with van der Waals surface area (Å²) >= 11 is 5.74. The number of halogens is 1. The molecule has 0 aliphatic rings. The monoisotopic (exact) mass is 258 g/mol. The second kappa shape index (κ2) is 6.44. The van der Waals surface area contributed by atoms with Crippen LogP contribution >= 0.6 is 11.6 Å². The number of hydrogen-bond donors (Lipinski definition) is 3. The van der Waals surface area contributed by atoms with Gasteiger partial charge in [0.1, 0.15) is 0 Å². The van der Waals surface area contributed by atoms with Gasteiger partial charge in [-0.05, 0) is 18.2 Å². The van der Waals surface area contributed by atoms with E-state index in [-0.39, 0.29) is 19.1 Å². The van der Waals surface area contributed by atoms with Crippen LogP contribution in [0.2, 0.25) is 5.02 Å². The van der Waals surface area contributed by atoms with Crippen molar-refractivity contribution in [1.82, 2.24) is 5.32 Å². The minimum Gasteiger partial charge on any atom is -0.398 e. The summed E-state index contributed by atoms with van der Waals surface area (Å²) in [6.45, 7) is 0.290. The van der Waals surface area contributed by atoms with Crippen molar-refractivity contribution in [2.24, 2.45) is 0 Å². The third-order valence-corrected chi connectivity index (χ3v) is 2.46. The number of anilines is 1. The minimum absolute atomic E-state index is 0.120. The van der Waals surface area contributed by atoms with Crippen LogP contribution in [-0.2, 0) is 4.74 Å². The minimum atomic E-state index is -0.728. The summed E-state index contributed by atoms with van der Waals surface area (Å²) in [5, 5.41) is 12.3. The van der Waals surface area contributed by atoms with Crippen LogP contribution in [-0.4, -0.2) is 37.4 Å². The largest absolute Gasteiger partial charge is 0.398 e. The van der Waals surface area contributed by atoms with Crippen LogP contribution in [0.1, 0.15) is 10.4 Å². The number of aliphatic hydroxyl groups excluding tert-OH is 1. The van der Waals surface area contributed by atoms with Gasteiger partial charge >= 0.3 is 0 Å². The Bertz CT molecular complexity index is 398. The first kappa shape index (κ1) is 13.8. The number of ether oxygens (including phenoxy) is 1. The van der Waals surface area contributed by atoms with Crippen LogP contribution in [0.25, 0.3) is 0 Å². The number of nitrogens with one attached hydrogen (secondary N) is 1. The van der Waals surface area contributed by atoms with Gasteiger partial charge in [0.15, 0.2) is 0 Å². The summed E-state index contributed by atoms with van der Waals surface area (Å²) < 4.78 is 4.74. The molecule has 0 spiro atoms. The van der Waals surface area contributed by atoms with Crippen LogP contribution < -0.4 is 11.1 Å². The summed E-state index contributed by atoms with van der Waals surface area (Å²) in [5.41, 5.74) is 6.32. The average molecular weight is 259 g/mol. The van der Waals surface area contributed by atoms with Crippen LogP contribution in [0.4, 0.5) is 5.69 Å². The number of nitrogens with two attached hydrogens (primary N) is 1. The maximum absolute atomic E-state index is 11.7. The smallest absolute Gasteiger partial charge is 0.251 e. The van der Waals surface area contributed by atoms with E-state index in [1.807, 2.05) is 0 Å². The number of nitrogen functional groups attached to an aromatic ring is 1. The molecule has 0 aliphatic heterocycles. The fraction of sp³-hybridized carbons (Fsp3) is 0.364. The molecule has 5 nitrogen and oxygen atoms in total. The predicted octanol–water partition coefficient (Wildman–Crippen LogP) is 0.659. The molecule has 1 unspecified atom stereocenters. The third-order valence-electron chi connectivity index (χ3n) is 2.12. The van der Waals surface area contributed by atoms with Gasteiger partial charge in [0.25, 0.3) is 5.91 Å². The van der Waals surface area contributed by atoms with Crippen LogP contribution in [0.5, 0.6) is 0 Å². The van der Waals surface area contributed by atoms with E-state index in [0.29, 0.717) is 16.3 Å². The van der Waals surface area contributed by atoms with Gasteiger partial charge in [-0.25, -0.2) is 0 Å². The van der Waals surface area contributed by atoms with Crippen LogP contribution in [0.3, 0.4) is 0 Å². The Morgan fingerprint density at radius 2 is 2.35 bits per heavy atom. The molecule has 0 aliphatic carbocycles. The molecule has 0 aromatic heterocycles. The summed E-state index contributed by atoms with van der Waals surface area (Å²) in [7, 11) is 1.48. The molecule has 94 valence electrons. The van der Waals surface area contributed by atoms with Gasteiger partial charge in [-0.2, -0.15) is 0 Å². The van der Waals surface area contributed by atoms with Gasteiger partial charge in [0.2, 0.25) is 0 Å². The number of aliphatic hydroxyl groups is 1. The van der Waals surface area contributed by atoms with Crippen LogP contribution in [0.15, 0.2) is 18.2 Å². The fourth-order valence-electron chi connectivity index (χ4n) is 1.25. The van der Waals surface area contributed by atoms with Gasteiger partial charge in [-0.3, -0.25) is 4.79 Å². The number of methoxy groups -OCH3 is 1. The first-order chi connectivity index (χ1) is 8.04. The van der Waals surface area contributed by atoms with E-state index in [9.17, 15) is 9.90 Å². The van der Waals surface area contributed by atoms with Gasteiger partial charge in [-0.15, -0.1) is 0 Å². The summed E-state index contributed by atoms with van der Waals surface area (Å²) in [4.78, 5) is 11.7. The molecule has 0 radical (unpaired) electrons. The van der Waals surface area contributed by atoms with E-state index in [4.69, 9.17) is 22.1 Å². The zero-order valence-electron chi connectivity index (χ0n) is 9.44. The van der Waals surface area contributed by atoms with Gasteiger partial charge in [0.05, 0.1) is 23.4 Å². The molecule has 0 saturated heterocycles. The molecule has 6 heteroatoms. The van der Waals surface area contributed by atoms with Crippen molar-refractivity contribution in [2.45, 2.75) is 6.10 Å². The third kappa shape index (κ3) is 4.22. The predicted molar refractivity (Wildman–Crippen MR) is 66.1 cm³/mol. The van der Waals surface area contributed by atoms with Gasteiger partial charge < -0.3 is 20.9 Å². The van der Waals surface area contributed by atoms with Crippen molar-refractivity contribution < 1.29 is 14.6 Å². The maximum Gasteiger partial charge on any atom is 0.251 e. The molecule has 1 aromatic rings. The zero-order chi connectivity index (χ0) is 12.8. The molecular weight excluding hydrogens is 244 g/mol. The van der Waals surface area contributed by atoms with Gasteiger partial charge in [0, 0.05) is 19.2 Å². The highest BCUT2D eigenvalue weighted by Crippen LogP contribution is 2.19. The topological polar surface area (TPSA) is 84.6 Å². The summed E-state index contributed by atoms with van der Waals surface area (Å²) in [6, 6.07) is 4.61. The molecule has 1 amide bonds. The van der Waals surface area contributed by atoms with E-state index < -0.39 is 6.10 Å². The first-order valence-corrected chi connectivity index (χ1v) is 5.42. The lowest BCUT2D eigenvalue weighted by Gasteiger charge is -2.11. The van der Waals surface area contributed by atoms with Crippen molar-refractivity contribution in [3.8, 4) is 0 Å². The molecule has 0 fully saturated rings. The number of amides is 1. The Balaban J connectivity index is 2.55. The van der Waals surface area contributed by atoms with E-state index >= 15 is 0 Å². The number of rotatable bonds is 5. The Kier molecular flexibility index (Phi) is 5.21. The summed E-state index contributed by atoms with van der Waals surface area (Å²) in [6.07, 6.45) is -0.728. The lowest BCUT2D eigenvalue weighted by Crippen LogP contribution is -2.34. The fourth-order valence-corrected chi connectivity index (χ4v) is 1.37. The molecule has 1 rings (SSSR count). The second-order valence-electron chi connectivity index (χ2n) is 3.56. The Hall–Kier alpha value is -1.30. The Labute approximate surface area is 105 Å². The van der Waals surface area contributed by atoms with Crippen molar-refractivity contribution in [1.29, 1.82) is 0 Å². The van der Waals surface area contributed by atoms with Crippen molar-refractivity contribution >= 4 is 23.2 Å². The highest BCUT2D eigenvalue weighted by molar-refractivity contribution is 6.33. The Morgan fingerprint density at radius 3 is 2.94 bits per heavy atom. The lowest BCUT2D eigenvalue weighted by atomic mass is 10.2. The average Bonchev–Trinajstić information content (AvgIpc) is 2.30. The number of carbonyl (C=O) groups is 1. The van der Waals surface area contributed by atoms with E-state index in [1.165, 1.54) is 13.2 Å². The van der Waals surface area contributed by atoms with E-state index in [2.05, 4.69) is 5.32 Å². The first-order valence-electron chi connectivity index (χ1n) is 5.04. The lowest BCUT2D eigenvalue weighted by molar-refractivity contribution is 0.0610. The highest BCUT2D eigenvalue weighted by atomic mass is 35.5. The van der Waals surface area contributed by atoms with Gasteiger partial charge in [-0.1, -0.05) is 11.6 Å². The van der Waals surface area contributed by atoms with Crippen molar-refractivity contribution in [3.63, 3.8) is 0 Å². The standard InChI is InChI=1S/C11H15ClN2O3/c1-17-6-8(15)5-14-11(16)7-2-3-9(12)10(13)4-7/h2-4,8,15H,5-6,13H2,1H3,(H,14,16). The van der Waals surface area contributed by atoms with Crippen LogP contribution in [0, 0.1) is 0 Å². The molecule has 1 atom stereocenters. The highest BCUT2D eigenvalue weighted by Gasteiger charge is 2.09. The van der Waals surface area contributed by atoms with E-state index in [1.54, 1.807) is 12.1 Å². The number of carbonyl (C=O) groups excluding carboxylic acids is 1. The van der Waals surface area contributed by atoms with Crippen molar-refractivity contribution in [2.75, 3.05) is 26.0 Å². The molecule has 0 saturated carbocycles. The molecule has 0 bridgehead atoms. The molecular formula is C11H15ClN2O3. The molecule has 0 heterocycles. The SMILES string of the molecule is COCC(O)CNC(=O)c1ccc(Cl)c(N)c1. The van der Waals surface area contributed by atoms with Crippen molar-refractivity contribution in [3.05, 3.63) is 28.8 Å². The number of benzene rings is 1. The summed E-state index contributed by atoms with van der Waals surface area (Å²) in [5.74, 6) is -0.316. The maximum atomic E-state index is 11.7. The van der Waals surface area contributed by atoms with E-state index in [0.717, 1.165) is 0 Å². The Morgan fingerprint density at radius 1 is 1.65 bits per heavy atom. The zero-order valence-corrected chi connectivity index (χ0v) is 10.2. The number of hydrogen-bond acceptors (Lipinski definition) is 4. The second-order valence-corrected chi connectivity index (χ2v) is 3.96. The molecule has 1 aromatic carbocycles. The molecule has 17 heavy (non-hydrogen) atoms.